The highest BCUT2D eigenvalue weighted by Crippen LogP contribution is 2.40. The van der Waals surface area contributed by atoms with Crippen LogP contribution in [0.3, 0.4) is 0 Å². The Balaban J connectivity index is 2.09. The first-order valence-electron chi connectivity index (χ1n) is 6.45. The summed E-state index contributed by atoms with van der Waals surface area (Å²) in [4.78, 5) is 0. The van der Waals surface area contributed by atoms with Gasteiger partial charge >= 0.3 is 0 Å². The third-order valence-electron chi connectivity index (χ3n) is 3.96. The van der Waals surface area contributed by atoms with Crippen LogP contribution in [-0.4, -0.2) is 0 Å². The lowest BCUT2D eigenvalue weighted by Crippen LogP contribution is -2.19. The van der Waals surface area contributed by atoms with Crippen LogP contribution in [0.15, 0.2) is 17.9 Å². The minimum Gasteiger partial charge on any atom is -0.136 e. The first-order valence-corrected chi connectivity index (χ1v) is 7.53. The smallest absolute Gasteiger partial charge is 0.00404 e. The molecule has 0 saturated heterocycles. The molecule has 0 aliphatic heterocycles. The second-order valence-corrected chi connectivity index (χ2v) is 6.43. The van der Waals surface area contributed by atoms with Crippen molar-refractivity contribution < 1.29 is 0 Å². The number of hydrogen-bond donors (Lipinski definition) is 0. The highest BCUT2D eigenvalue weighted by molar-refractivity contribution is 7.30. The third kappa shape index (κ3) is 2.88. The molecule has 0 radical (unpaired) electrons. The molecule has 1 aliphatic rings. The summed E-state index contributed by atoms with van der Waals surface area (Å²) in [5.74, 6) is 2.34. The molecule has 1 aliphatic carbocycles. The zero-order chi connectivity index (χ0) is 10.6. The van der Waals surface area contributed by atoms with Gasteiger partial charge < -0.3 is 0 Å². The van der Waals surface area contributed by atoms with Crippen molar-refractivity contribution in [1.29, 1.82) is 0 Å². The van der Waals surface area contributed by atoms with Gasteiger partial charge in [-0.2, -0.15) is 0 Å². The third-order valence-corrected chi connectivity index (χ3v) is 5.40. The molecule has 0 amide bonds. The molecule has 1 aromatic heterocycles. The minimum atomic E-state index is 0.534. The summed E-state index contributed by atoms with van der Waals surface area (Å²) in [6, 6.07) is 4.64. The Bertz CT molecular complexity index is 264. The van der Waals surface area contributed by atoms with Crippen molar-refractivity contribution in [3.05, 3.63) is 23.2 Å². The van der Waals surface area contributed by atoms with E-state index in [1.807, 2.05) is 0 Å². The first-order chi connectivity index (χ1) is 7.31. The van der Waals surface area contributed by atoms with Gasteiger partial charge in [0.05, 0.1) is 0 Å². The molecule has 1 fully saturated rings. The van der Waals surface area contributed by atoms with Crippen molar-refractivity contribution in [1.82, 2.24) is 0 Å². The fourth-order valence-corrected chi connectivity index (χ4v) is 4.00. The van der Waals surface area contributed by atoms with E-state index in [1.54, 1.807) is 5.30 Å². The molecule has 1 heteroatoms. The summed E-state index contributed by atoms with van der Waals surface area (Å²) in [5.41, 5.74) is 0.534. The summed E-state index contributed by atoms with van der Waals surface area (Å²) >= 11 is 0. The van der Waals surface area contributed by atoms with E-state index >= 15 is 0 Å². The molecule has 0 aromatic carbocycles. The SMILES string of the molecule is CC1(c2ccc[pH]2)CCCCCCCC1. The molecule has 15 heavy (non-hydrogen) atoms. The van der Waals surface area contributed by atoms with E-state index in [1.165, 1.54) is 51.4 Å². The van der Waals surface area contributed by atoms with Gasteiger partial charge in [-0.1, -0.05) is 57.6 Å². The van der Waals surface area contributed by atoms with Crippen LogP contribution in [0.25, 0.3) is 0 Å². The van der Waals surface area contributed by atoms with Crippen molar-refractivity contribution in [3.63, 3.8) is 0 Å². The Hall–Kier alpha value is -0.220. The van der Waals surface area contributed by atoms with Crippen molar-refractivity contribution in [2.45, 2.75) is 63.7 Å². The monoisotopic (exact) mass is 222 g/mol. The maximum absolute atomic E-state index is 2.50. The second kappa shape index (κ2) is 5.21. The van der Waals surface area contributed by atoms with Crippen LogP contribution in [-0.2, 0) is 5.41 Å². The van der Waals surface area contributed by atoms with Gasteiger partial charge in [0.15, 0.2) is 0 Å². The first kappa shape index (κ1) is 11.3. The average Bonchev–Trinajstić information content (AvgIpc) is 2.75. The minimum absolute atomic E-state index is 0.534. The zero-order valence-electron chi connectivity index (χ0n) is 9.89. The van der Waals surface area contributed by atoms with Crippen molar-refractivity contribution in [3.8, 4) is 0 Å². The molecule has 0 nitrogen and oxygen atoms in total. The van der Waals surface area contributed by atoms with E-state index in [0.717, 1.165) is 8.19 Å². The van der Waals surface area contributed by atoms with E-state index in [-0.39, 0.29) is 0 Å². The molecular formula is C14H23P. The predicted molar refractivity (Wildman–Crippen MR) is 70.2 cm³/mol. The van der Waals surface area contributed by atoms with Crippen molar-refractivity contribution in [2.24, 2.45) is 0 Å². The maximum atomic E-state index is 2.50. The fourth-order valence-electron chi connectivity index (χ4n) is 2.84. The largest absolute Gasteiger partial charge is 0.136 e. The standard InChI is InChI=1S/C14H23P/c1-14(13-9-8-12-15-13)10-6-4-2-3-5-7-11-14/h8-9,12,15H,2-7,10-11H2,1H3. The quantitative estimate of drug-likeness (QED) is 0.619. The fraction of sp³-hybridized carbons (Fsp3) is 0.714. The summed E-state index contributed by atoms with van der Waals surface area (Å²) in [5, 5.41) is 1.73. The van der Waals surface area contributed by atoms with Crippen molar-refractivity contribution in [2.75, 3.05) is 0 Å². The molecule has 1 atom stereocenters. The number of rotatable bonds is 1. The highest BCUT2D eigenvalue weighted by Gasteiger charge is 2.26. The van der Waals surface area contributed by atoms with Gasteiger partial charge in [-0.05, 0) is 29.4 Å². The predicted octanol–water partition coefficient (Wildman–Crippen LogP) is 5.11. The molecule has 2 rings (SSSR count). The molecular weight excluding hydrogens is 199 g/mol. The van der Waals surface area contributed by atoms with Crippen LogP contribution < -0.4 is 0 Å². The molecule has 0 spiro atoms. The Kier molecular flexibility index (Phi) is 3.92. The van der Waals surface area contributed by atoms with Crippen LogP contribution in [0.5, 0.6) is 0 Å². The van der Waals surface area contributed by atoms with E-state index in [0.29, 0.717) is 5.41 Å². The van der Waals surface area contributed by atoms with E-state index < -0.39 is 0 Å². The maximum Gasteiger partial charge on any atom is -0.00404 e. The Morgan fingerprint density at radius 3 is 2.13 bits per heavy atom. The topological polar surface area (TPSA) is 0 Å². The lowest BCUT2D eigenvalue weighted by molar-refractivity contribution is 0.388. The van der Waals surface area contributed by atoms with Gasteiger partial charge in [-0.15, -0.1) is 8.19 Å². The Morgan fingerprint density at radius 2 is 1.60 bits per heavy atom. The van der Waals surface area contributed by atoms with Gasteiger partial charge in [0, 0.05) is 0 Å². The van der Waals surface area contributed by atoms with E-state index in [2.05, 4.69) is 24.9 Å². The van der Waals surface area contributed by atoms with Gasteiger partial charge in [-0.3, -0.25) is 0 Å². The second-order valence-electron chi connectivity index (χ2n) is 5.27. The lowest BCUT2D eigenvalue weighted by atomic mass is 9.79. The normalized spacial score (nSPS) is 23.3. The van der Waals surface area contributed by atoms with Crippen LogP contribution in [0.2, 0.25) is 0 Å². The lowest BCUT2D eigenvalue weighted by Gasteiger charge is -2.29. The molecule has 1 unspecified atom stereocenters. The van der Waals surface area contributed by atoms with Crippen LogP contribution in [0, 0.1) is 0 Å². The molecule has 1 aromatic rings. The summed E-state index contributed by atoms with van der Waals surface area (Å²) in [7, 11) is 0.975. The molecule has 0 bridgehead atoms. The summed E-state index contributed by atoms with van der Waals surface area (Å²) < 4.78 is 0. The van der Waals surface area contributed by atoms with Crippen LogP contribution in [0.4, 0.5) is 0 Å². The van der Waals surface area contributed by atoms with Gasteiger partial charge in [0.2, 0.25) is 0 Å². The van der Waals surface area contributed by atoms with E-state index in [4.69, 9.17) is 0 Å². The highest BCUT2D eigenvalue weighted by atomic mass is 31.0. The van der Waals surface area contributed by atoms with E-state index in [9.17, 15) is 0 Å². The van der Waals surface area contributed by atoms with Crippen molar-refractivity contribution >= 4 is 8.19 Å². The number of hydrogen-bond acceptors (Lipinski definition) is 0. The molecule has 84 valence electrons. The Morgan fingerprint density at radius 1 is 1.00 bits per heavy atom. The zero-order valence-corrected chi connectivity index (χ0v) is 10.9. The molecule has 0 N–H and O–H groups in total. The Labute approximate surface area is 95.6 Å². The average molecular weight is 222 g/mol. The molecule has 1 saturated carbocycles. The van der Waals surface area contributed by atoms with Crippen LogP contribution >= 0.6 is 8.19 Å². The summed E-state index contributed by atoms with van der Waals surface area (Å²) in [6.45, 7) is 2.50. The summed E-state index contributed by atoms with van der Waals surface area (Å²) in [6.07, 6.45) is 11.6. The van der Waals surface area contributed by atoms with Gasteiger partial charge in [0.25, 0.3) is 0 Å². The van der Waals surface area contributed by atoms with Gasteiger partial charge in [0.1, 0.15) is 0 Å². The van der Waals surface area contributed by atoms with Crippen LogP contribution in [0.1, 0.15) is 63.6 Å². The van der Waals surface area contributed by atoms with Gasteiger partial charge in [-0.25, -0.2) is 0 Å². The molecule has 1 heterocycles.